The van der Waals surface area contributed by atoms with Crippen LogP contribution >= 0.6 is 11.6 Å². The zero-order valence-corrected chi connectivity index (χ0v) is 26.9. The molecule has 0 bridgehead atoms. The van der Waals surface area contributed by atoms with Crippen LogP contribution in [0, 0.1) is 11.6 Å². The van der Waals surface area contributed by atoms with E-state index < -0.39 is 66.3 Å². The van der Waals surface area contributed by atoms with Crippen LogP contribution in [0.1, 0.15) is 28.8 Å². The first kappa shape index (κ1) is 36.7. The van der Waals surface area contributed by atoms with E-state index in [0.717, 1.165) is 17.7 Å². The van der Waals surface area contributed by atoms with Crippen LogP contribution in [0.15, 0.2) is 66.7 Å². The van der Waals surface area contributed by atoms with Gasteiger partial charge in [0.1, 0.15) is 11.6 Å². The van der Waals surface area contributed by atoms with Gasteiger partial charge >= 0.3 is 24.0 Å². The topological polar surface area (TPSA) is 179 Å². The number of nitrogens with zero attached hydrogens (tertiary/aromatic N) is 3. The standard InChI is InChI=1S/C32H28ClF5N8O5/c33-19-5-3-18(4-6-19)31(9-10-31)46-29-43-28(44-30(45-29)51-16-32(36,37)38)42-22-7-1-17(2-8-22)25(48)39-14-24(47)15-40-26(49)27(50)41-23-12-20(34)11-21(35)13-23/h1-8,11-13,24,47H,9-10,14-16H2,(H,39,48)(H,40,49)(H,41,50)(H2,42,43,44,45,46). The number of ether oxygens (including phenoxy) is 1. The molecular formula is C32H28ClF5N8O5. The number of nitrogens with one attached hydrogen (secondary N) is 5. The Hall–Kier alpha value is -5.62. The third-order valence-corrected chi connectivity index (χ3v) is 7.46. The molecule has 4 aromatic rings. The number of halogens is 6. The molecule has 0 radical (unpaired) electrons. The molecule has 13 nitrogen and oxygen atoms in total. The Morgan fingerprint density at radius 2 is 1.47 bits per heavy atom. The highest BCUT2D eigenvalue weighted by molar-refractivity contribution is 6.39. The van der Waals surface area contributed by atoms with Gasteiger partial charge in [-0.15, -0.1) is 0 Å². The normalized spacial score (nSPS) is 13.8. The van der Waals surface area contributed by atoms with Gasteiger partial charge in [0.25, 0.3) is 5.91 Å². The van der Waals surface area contributed by atoms with E-state index in [2.05, 4.69) is 36.2 Å². The Labute approximate surface area is 291 Å². The molecule has 1 aromatic heterocycles. The van der Waals surface area contributed by atoms with E-state index >= 15 is 0 Å². The molecular weight excluding hydrogens is 707 g/mol. The molecule has 1 saturated carbocycles. The predicted octanol–water partition coefficient (Wildman–Crippen LogP) is 4.43. The number of carbonyl (C=O) groups excluding carboxylic acids is 3. The number of aliphatic hydroxyl groups is 1. The quantitative estimate of drug-likeness (QED) is 0.0850. The smallest absolute Gasteiger partial charge is 0.422 e. The summed E-state index contributed by atoms with van der Waals surface area (Å²) in [7, 11) is 0. The van der Waals surface area contributed by atoms with Gasteiger partial charge in [-0.3, -0.25) is 14.4 Å². The summed E-state index contributed by atoms with van der Waals surface area (Å²) in [4.78, 5) is 48.8. The largest absolute Gasteiger partial charge is 0.454 e. The molecule has 19 heteroatoms. The van der Waals surface area contributed by atoms with E-state index in [4.69, 9.17) is 16.3 Å². The molecule has 1 unspecified atom stereocenters. The maximum absolute atomic E-state index is 13.3. The molecule has 1 aliphatic carbocycles. The van der Waals surface area contributed by atoms with E-state index in [1.54, 1.807) is 12.1 Å². The van der Waals surface area contributed by atoms with Crippen molar-refractivity contribution in [3.63, 3.8) is 0 Å². The summed E-state index contributed by atoms with van der Waals surface area (Å²) >= 11 is 6.00. The van der Waals surface area contributed by atoms with Crippen molar-refractivity contribution in [3.8, 4) is 6.01 Å². The van der Waals surface area contributed by atoms with Gasteiger partial charge in [-0.2, -0.15) is 28.1 Å². The maximum Gasteiger partial charge on any atom is 0.422 e. The molecule has 3 aromatic carbocycles. The minimum Gasteiger partial charge on any atom is -0.454 e. The summed E-state index contributed by atoms with van der Waals surface area (Å²) in [5.41, 5.74) is 0.553. The minimum absolute atomic E-state index is 0.0366. The molecule has 51 heavy (non-hydrogen) atoms. The number of amides is 3. The van der Waals surface area contributed by atoms with Crippen LogP contribution in [-0.2, 0) is 15.1 Å². The van der Waals surface area contributed by atoms with Gasteiger partial charge in [-0.1, -0.05) is 23.7 Å². The van der Waals surface area contributed by atoms with Crippen LogP contribution in [-0.4, -0.2) is 69.8 Å². The van der Waals surface area contributed by atoms with Gasteiger partial charge in [0, 0.05) is 41.1 Å². The summed E-state index contributed by atoms with van der Waals surface area (Å²) in [6.07, 6.45) is -4.54. The number of alkyl halides is 3. The lowest BCUT2D eigenvalue weighted by molar-refractivity contribution is -0.154. The summed E-state index contributed by atoms with van der Waals surface area (Å²) in [5, 5.41) is 23.3. The number of hydrogen-bond donors (Lipinski definition) is 6. The van der Waals surface area contributed by atoms with Crippen molar-refractivity contribution in [2.45, 2.75) is 30.7 Å². The van der Waals surface area contributed by atoms with Gasteiger partial charge in [0.15, 0.2) is 6.61 Å². The summed E-state index contributed by atoms with van der Waals surface area (Å²) < 4.78 is 70.0. The molecule has 1 atom stereocenters. The first-order valence-corrected chi connectivity index (χ1v) is 15.4. The van der Waals surface area contributed by atoms with E-state index in [1.807, 2.05) is 17.4 Å². The summed E-state index contributed by atoms with van der Waals surface area (Å²) in [5.74, 6) is -5.13. The molecule has 0 saturated heterocycles. The van der Waals surface area contributed by atoms with E-state index in [9.17, 15) is 41.4 Å². The number of aliphatic hydroxyl groups excluding tert-OH is 1. The number of rotatable bonds is 13. The number of hydrogen-bond acceptors (Lipinski definition) is 10. The van der Waals surface area contributed by atoms with Crippen LogP contribution < -0.4 is 31.3 Å². The lowest BCUT2D eigenvalue weighted by atomic mass is 10.1. The highest BCUT2D eigenvalue weighted by atomic mass is 35.5. The number of benzene rings is 3. The lowest BCUT2D eigenvalue weighted by Gasteiger charge is -2.19. The Morgan fingerprint density at radius 1 is 0.843 bits per heavy atom. The van der Waals surface area contributed by atoms with E-state index in [0.29, 0.717) is 29.6 Å². The van der Waals surface area contributed by atoms with Crippen LogP contribution in [0.2, 0.25) is 5.02 Å². The fourth-order valence-electron chi connectivity index (χ4n) is 4.60. The SMILES string of the molecule is O=C(NCC(O)CNC(=O)c1ccc(Nc2nc(NC3(c4ccc(Cl)cc4)CC3)nc(OCC(F)(F)F)n2)cc1)C(=O)Nc1cc(F)cc(F)c1. The predicted molar refractivity (Wildman–Crippen MR) is 173 cm³/mol. The maximum atomic E-state index is 13.3. The van der Waals surface area contributed by atoms with Crippen molar-refractivity contribution < 1.29 is 46.2 Å². The Balaban J connectivity index is 1.15. The van der Waals surface area contributed by atoms with E-state index in [1.165, 1.54) is 24.3 Å². The second-order valence-corrected chi connectivity index (χ2v) is 11.7. The number of carbonyl (C=O) groups is 3. The van der Waals surface area contributed by atoms with Gasteiger partial charge < -0.3 is 36.4 Å². The third kappa shape index (κ3) is 10.7. The zero-order valence-electron chi connectivity index (χ0n) is 26.2. The second kappa shape index (κ2) is 15.5. The average Bonchev–Trinajstić information content (AvgIpc) is 3.85. The monoisotopic (exact) mass is 734 g/mol. The summed E-state index contributed by atoms with van der Waals surface area (Å²) in [6, 6.07) is 14.5. The Kier molecular flexibility index (Phi) is 11.1. The lowest BCUT2D eigenvalue weighted by Crippen LogP contribution is -2.43. The highest BCUT2D eigenvalue weighted by Crippen LogP contribution is 2.48. The molecule has 5 rings (SSSR count). The van der Waals surface area contributed by atoms with Crippen LogP contribution in [0.4, 0.5) is 45.2 Å². The first-order valence-electron chi connectivity index (χ1n) is 15.0. The molecule has 6 N–H and O–H groups in total. The molecule has 268 valence electrons. The Morgan fingerprint density at radius 3 is 2.10 bits per heavy atom. The van der Waals surface area contributed by atoms with Crippen molar-refractivity contribution >= 4 is 52.6 Å². The Bertz CT molecular complexity index is 1880. The molecule has 3 amide bonds. The van der Waals surface area contributed by atoms with Crippen LogP contribution in [0.25, 0.3) is 0 Å². The van der Waals surface area contributed by atoms with Crippen molar-refractivity contribution in [2.24, 2.45) is 0 Å². The number of anilines is 4. The van der Waals surface area contributed by atoms with Crippen LogP contribution in [0.3, 0.4) is 0 Å². The highest BCUT2D eigenvalue weighted by Gasteiger charge is 2.45. The molecule has 1 aliphatic rings. The van der Waals surface area contributed by atoms with Crippen LogP contribution in [0.5, 0.6) is 6.01 Å². The second-order valence-electron chi connectivity index (χ2n) is 11.3. The molecule has 1 heterocycles. The van der Waals surface area contributed by atoms with Gasteiger partial charge in [-0.05, 0) is 66.9 Å². The fourth-order valence-corrected chi connectivity index (χ4v) is 4.72. The van der Waals surface area contributed by atoms with Gasteiger partial charge in [-0.25, -0.2) is 8.78 Å². The van der Waals surface area contributed by atoms with Crippen molar-refractivity contribution in [3.05, 3.63) is 94.5 Å². The minimum atomic E-state index is -4.64. The fraction of sp³-hybridized carbons (Fsp3) is 0.250. The average molecular weight is 735 g/mol. The molecule has 0 aliphatic heterocycles. The van der Waals surface area contributed by atoms with Crippen molar-refractivity contribution in [1.29, 1.82) is 0 Å². The van der Waals surface area contributed by atoms with Gasteiger partial charge in [0.2, 0.25) is 11.9 Å². The van der Waals surface area contributed by atoms with Crippen molar-refractivity contribution in [1.82, 2.24) is 25.6 Å². The van der Waals surface area contributed by atoms with Gasteiger partial charge in [0.05, 0.1) is 11.6 Å². The first-order chi connectivity index (χ1) is 24.2. The third-order valence-electron chi connectivity index (χ3n) is 7.20. The zero-order chi connectivity index (χ0) is 36.8. The van der Waals surface area contributed by atoms with E-state index in [-0.39, 0.29) is 29.7 Å². The molecule has 1 fully saturated rings. The number of aromatic nitrogens is 3. The molecule has 0 spiro atoms. The summed E-state index contributed by atoms with van der Waals surface area (Å²) in [6.45, 7) is -2.39. The van der Waals surface area contributed by atoms with Crippen molar-refractivity contribution in [2.75, 3.05) is 35.6 Å².